The molecule has 0 aliphatic carbocycles. The van der Waals surface area contributed by atoms with Gasteiger partial charge in [0.2, 0.25) is 5.91 Å². The lowest BCUT2D eigenvalue weighted by atomic mass is 9.95. The zero-order valence-electron chi connectivity index (χ0n) is 9.71. The number of likely N-dealkylation sites (tertiary alicyclic amines) is 1. The van der Waals surface area contributed by atoms with Gasteiger partial charge in [-0.1, -0.05) is 0 Å². The van der Waals surface area contributed by atoms with Gasteiger partial charge in [-0.2, -0.15) is 0 Å². The Bertz CT molecular complexity index is 409. The summed E-state index contributed by atoms with van der Waals surface area (Å²) >= 11 is 0. The summed E-state index contributed by atoms with van der Waals surface area (Å²) in [6.07, 6.45) is 1.66. The Balaban J connectivity index is 2.05. The van der Waals surface area contributed by atoms with E-state index in [4.69, 9.17) is 11.5 Å². The maximum absolute atomic E-state index is 11.5. The third-order valence-electron chi connectivity index (χ3n) is 3.69. The van der Waals surface area contributed by atoms with E-state index in [0.717, 1.165) is 19.4 Å². The normalized spacial score (nSPS) is 38.1. The fraction of sp³-hybridized carbons (Fsp3) is 0.900. The van der Waals surface area contributed by atoms with Crippen molar-refractivity contribution in [2.75, 3.05) is 24.6 Å². The lowest BCUT2D eigenvalue weighted by molar-refractivity contribution is -0.123. The largest absolute Gasteiger partial charge is 0.369 e. The van der Waals surface area contributed by atoms with E-state index in [2.05, 4.69) is 0 Å². The standard InChI is InChI=1S/C10H19N3O3S/c11-8-5-17(15,16)6-9(8)13-3-1-2-7(4-13)10(12)14/h7-9H,1-6,11H2,(H2,12,14). The minimum atomic E-state index is -3.01. The third-order valence-corrected chi connectivity index (χ3v) is 5.43. The molecule has 0 aromatic heterocycles. The van der Waals surface area contributed by atoms with Gasteiger partial charge in [0.15, 0.2) is 9.84 Å². The molecule has 0 spiro atoms. The van der Waals surface area contributed by atoms with E-state index < -0.39 is 9.84 Å². The molecular formula is C10H19N3O3S. The maximum atomic E-state index is 11.5. The van der Waals surface area contributed by atoms with Crippen LogP contribution in [-0.4, -0.2) is 55.9 Å². The Labute approximate surface area is 101 Å². The number of carbonyl (C=O) groups excluding carboxylic acids is 1. The molecule has 2 fully saturated rings. The molecular weight excluding hydrogens is 242 g/mol. The Kier molecular flexibility index (Phi) is 3.42. The molecule has 3 atom stereocenters. The molecule has 0 saturated carbocycles. The predicted octanol–water partition coefficient (Wildman–Crippen LogP) is -1.69. The SMILES string of the molecule is NC(=O)C1CCCN(C2CS(=O)(=O)CC2N)C1. The first-order valence-electron chi connectivity index (χ1n) is 5.88. The predicted molar refractivity (Wildman–Crippen MR) is 63.9 cm³/mol. The smallest absolute Gasteiger partial charge is 0.221 e. The van der Waals surface area contributed by atoms with Crippen LogP contribution in [0.15, 0.2) is 0 Å². The van der Waals surface area contributed by atoms with Crippen molar-refractivity contribution in [2.24, 2.45) is 17.4 Å². The first-order chi connectivity index (χ1) is 7.89. The van der Waals surface area contributed by atoms with Crippen LogP contribution >= 0.6 is 0 Å². The molecule has 2 aliphatic rings. The second-order valence-electron chi connectivity index (χ2n) is 5.04. The van der Waals surface area contributed by atoms with Crippen LogP contribution in [-0.2, 0) is 14.6 Å². The van der Waals surface area contributed by atoms with E-state index in [9.17, 15) is 13.2 Å². The summed E-state index contributed by atoms with van der Waals surface area (Å²) in [5.74, 6) is -0.307. The Morgan fingerprint density at radius 2 is 2.00 bits per heavy atom. The van der Waals surface area contributed by atoms with Gasteiger partial charge in [-0.15, -0.1) is 0 Å². The maximum Gasteiger partial charge on any atom is 0.221 e. The molecule has 2 saturated heterocycles. The molecule has 2 heterocycles. The number of piperidine rings is 1. The van der Waals surface area contributed by atoms with Crippen LogP contribution in [0.4, 0.5) is 0 Å². The summed E-state index contributed by atoms with van der Waals surface area (Å²) in [7, 11) is -3.01. The summed E-state index contributed by atoms with van der Waals surface area (Å²) < 4.78 is 23.0. The van der Waals surface area contributed by atoms with Crippen molar-refractivity contribution < 1.29 is 13.2 Å². The molecule has 0 aromatic rings. The van der Waals surface area contributed by atoms with Gasteiger partial charge in [0.05, 0.1) is 17.4 Å². The summed E-state index contributed by atoms with van der Waals surface area (Å²) in [4.78, 5) is 13.2. The van der Waals surface area contributed by atoms with E-state index in [1.54, 1.807) is 0 Å². The van der Waals surface area contributed by atoms with Crippen molar-refractivity contribution in [1.82, 2.24) is 4.90 Å². The zero-order valence-corrected chi connectivity index (χ0v) is 10.5. The number of nitrogens with zero attached hydrogens (tertiary/aromatic N) is 1. The van der Waals surface area contributed by atoms with Crippen LogP contribution in [0.2, 0.25) is 0 Å². The van der Waals surface area contributed by atoms with Gasteiger partial charge in [0.1, 0.15) is 0 Å². The Morgan fingerprint density at radius 3 is 2.53 bits per heavy atom. The lowest BCUT2D eigenvalue weighted by Crippen LogP contribution is -2.52. The molecule has 1 amide bonds. The Morgan fingerprint density at radius 1 is 1.29 bits per heavy atom. The molecule has 4 N–H and O–H groups in total. The van der Waals surface area contributed by atoms with Crippen molar-refractivity contribution in [3.8, 4) is 0 Å². The van der Waals surface area contributed by atoms with E-state index in [0.29, 0.717) is 6.54 Å². The highest BCUT2D eigenvalue weighted by Crippen LogP contribution is 2.23. The zero-order chi connectivity index (χ0) is 12.6. The average Bonchev–Trinajstić information content (AvgIpc) is 2.52. The molecule has 6 nitrogen and oxygen atoms in total. The quantitative estimate of drug-likeness (QED) is 0.617. The van der Waals surface area contributed by atoms with Crippen LogP contribution < -0.4 is 11.5 Å². The van der Waals surface area contributed by atoms with Crippen LogP contribution in [0.25, 0.3) is 0 Å². The van der Waals surface area contributed by atoms with Gasteiger partial charge in [0.25, 0.3) is 0 Å². The van der Waals surface area contributed by atoms with E-state index in [1.807, 2.05) is 4.90 Å². The molecule has 0 bridgehead atoms. The monoisotopic (exact) mass is 261 g/mol. The van der Waals surface area contributed by atoms with E-state index >= 15 is 0 Å². The summed E-state index contributed by atoms with van der Waals surface area (Å²) in [5, 5.41) is 0. The fourth-order valence-electron chi connectivity index (χ4n) is 2.77. The van der Waals surface area contributed by atoms with E-state index in [-0.39, 0.29) is 35.4 Å². The van der Waals surface area contributed by atoms with Crippen molar-refractivity contribution >= 4 is 15.7 Å². The molecule has 0 radical (unpaired) electrons. The highest BCUT2D eigenvalue weighted by atomic mass is 32.2. The van der Waals surface area contributed by atoms with Gasteiger partial charge in [0, 0.05) is 18.6 Å². The first-order valence-corrected chi connectivity index (χ1v) is 7.70. The molecule has 0 aromatic carbocycles. The molecule has 3 unspecified atom stereocenters. The Hall–Kier alpha value is -0.660. The summed E-state index contributed by atoms with van der Waals surface area (Å²) in [6.45, 7) is 1.35. The van der Waals surface area contributed by atoms with Crippen LogP contribution in [0.3, 0.4) is 0 Å². The summed E-state index contributed by atoms with van der Waals surface area (Å²) in [5.41, 5.74) is 11.2. The number of hydrogen-bond acceptors (Lipinski definition) is 5. The number of rotatable bonds is 2. The molecule has 17 heavy (non-hydrogen) atoms. The highest BCUT2D eigenvalue weighted by molar-refractivity contribution is 7.91. The van der Waals surface area contributed by atoms with Crippen LogP contribution in [0.1, 0.15) is 12.8 Å². The minimum Gasteiger partial charge on any atom is -0.369 e. The van der Waals surface area contributed by atoms with Gasteiger partial charge in [-0.3, -0.25) is 9.69 Å². The second-order valence-corrected chi connectivity index (χ2v) is 7.20. The number of nitrogens with two attached hydrogens (primary N) is 2. The molecule has 2 rings (SSSR count). The molecule has 2 aliphatic heterocycles. The van der Waals surface area contributed by atoms with Crippen LogP contribution in [0, 0.1) is 5.92 Å². The number of carbonyl (C=O) groups is 1. The van der Waals surface area contributed by atoms with Crippen molar-refractivity contribution in [3.63, 3.8) is 0 Å². The highest BCUT2D eigenvalue weighted by Gasteiger charge is 2.40. The fourth-order valence-corrected chi connectivity index (χ4v) is 4.70. The lowest BCUT2D eigenvalue weighted by Gasteiger charge is -2.36. The van der Waals surface area contributed by atoms with Crippen LogP contribution in [0.5, 0.6) is 0 Å². The third kappa shape index (κ3) is 2.78. The van der Waals surface area contributed by atoms with E-state index in [1.165, 1.54) is 0 Å². The molecule has 98 valence electrons. The summed E-state index contributed by atoms with van der Waals surface area (Å²) in [6, 6.07) is -0.492. The molecule has 7 heteroatoms. The van der Waals surface area contributed by atoms with Crippen molar-refractivity contribution in [3.05, 3.63) is 0 Å². The second kappa shape index (κ2) is 4.55. The van der Waals surface area contributed by atoms with Gasteiger partial charge < -0.3 is 11.5 Å². The number of hydrogen-bond donors (Lipinski definition) is 2. The average molecular weight is 261 g/mol. The van der Waals surface area contributed by atoms with Crippen molar-refractivity contribution in [1.29, 1.82) is 0 Å². The van der Waals surface area contributed by atoms with Gasteiger partial charge in [-0.05, 0) is 19.4 Å². The first kappa shape index (κ1) is 12.8. The number of sulfone groups is 1. The minimum absolute atomic E-state index is 0.0510. The topological polar surface area (TPSA) is 106 Å². The van der Waals surface area contributed by atoms with Crippen molar-refractivity contribution in [2.45, 2.75) is 24.9 Å². The van der Waals surface area contributed by atoms with Gasteiger partial charge >= 0.3 is 0 Å². The number of primary amides is 1. The number of amides is 1. The van der Waals surface area contributed by atoms with Gasteiger partial charge in [-0.25, -0.2) is 8.42 Å².